The van der Waals surface area contributed by atoms with E-state index in [9.17, 15) is 8.42 Å². The maximum atomic E-state index is 12.5. The summed E-state index contributed by atoms with van der Waals surface area (Å²) in [5.74, 6) is 0. The molecule has 1 aromatic rings. The summed E-state index contributed by atoms with van der Waals surface area (Å²) in [6.45, 7) is 5.77. The van der Waals surface area contributed by atoms with E-state index in [0.29, 0.717) is 18.0 Å². The largest absolute Gasteiger partial charge is 0.383 e. The molecule has 1 aromatic carbocycles. The maximum Gasteiger partial charge on any atom is 0.242 e. The molecule has 0 radical (unpaired) electrons. The Morgan fingerprint density at radius 2 is 2.10 bits per heavy atom. The summed E-state index contributed by atoms with van der Waals surface area (Å²) in [5.41, 5.74) is 0.977. The first-order chi connectivity index (χ1) is 9.93. The van der Waals surface area contributed by atoms with Crippen molar-refractivity contribution < 1.29 is 13.2 Å². The van der Waals surface area contributed by atoms with Gasteiger partial charge in [0.15, 0.2) is 0 Å². The molecule has 6 heteroatoms. The fourth-order valence-electron chi connectivity index (χ4n) is 1.94. The van der Waals surface area contributed by atoms with Crippen LogP contribution in [0.4, 0.5) is 0 Å². The molecular formula is C15H26N2O3S. The van der Waals surface area contributed by atoms with E-state index in [1.165, 1.54) is 4.31 Å². The molecule has 0 amide bonds. The second-order valence-corrected chi connectivity index (χ2v) is 7.11. The van der Waals surface area contributed by atoms with Gasteiger partial charge in [-0.3, -0.25) is 0 Å². The monoisotopic (exact) mass is 314 g/mol. The second kappa shape index (κ2) is 8.48. The van der Waals surface area contributed by atoms with Gasteiger partial charge in [0.25, 0.3) is 0 Å². The lowest BCUT2D eigenvalue weighted by Gasteiger charge is -2.19. The lowest BCUT2D eigenvalue weighted by molar-refractivity contribution is 0.185. The van der Waals surface area contributed by atoms with E-state index in [4.69, 9.17) is 4.74 Å². The normalized spacial score (nSPS) is 13.6. The fourth-order valence-corrected chi connectivity index (χ4v) is 3.15. The first-order valence-corrected chi connectivity index (χ1v) is 8.66. The van der Waals surface area contributed by atoms with Crippen molar-refractivity contribution in [3.63, 3.8) is 0 Å². The summed E-state index contributed by atoms with van der Waals surface area (Å²) in [7, 11) is -0.335. The lowest BCUT2D eigenvalue weighted by Crippen LogP contribution is -2.30. The van der Waals surface area contributed by atoms with Crippen LogP contribution in [0.5, 0.6) is 0 Å². The van der Waals surface area contributed by atoms with Gasteiger partial charge in [0.2, 0.25) is 10.0 Å². The molecule has 120 valence electrons. The van der Waals surface area contributed by atoms with Gasteiger partial charge in [-0.05, 0) is 37.6 Å². The molecule has 1 atom stereocenters. The summed E-state index contributed by atoms with van der Waals surface area (Å²) in [4.78, 5) is 0.323. The smallest absolute Gasteiger partial charge is 0.242 e. The van der Waals surface area contributed by atoms with Crippen LogP contribution in [-0.2, 0) is 14.8 Å². The standard InChI is InChI=1S/C15H26N2O3S/c1-5-9-16-13(2)14-7-6-8-15(12-14)21(18,19)17(3)10-11-20-4/h6-8,12-13,16H,5,9-11H2,1-4H3. The molecular weight excluding hydrogens is 288 g/mol. The molecule has 1 unspecified atom stereocenters. The quantitative estimate of drug-likeness (QED) is 0.757. The molecule has 0 fully saturated rings. The summed E-state index contributed by atoms with van der Waals surface area (Å²) in [5, 5.41) is 3.36. The number of methoxy groups -OCH3 is 1. The van der Waals surface area contributed by atoms with Crippen molar-refractivity contribution in [2.45, 2.75) is 31.2 Å². The molecule has 0 saturated heterocycles. The second-order valence-electron chi connectivity index (χ2n) is 5.07. The first-order valence-electron chi connectivity index (χ1n) is 7.22. The first kappa shape index (κ1) is 18.1. The number of benzene rings is 1. The Balaban J connectivity index is 2.93. The van der Waals surface area contributed by atoms with E-state index in [-0.39, 0.29) is 6.04 Å². The highest BCUT2D eigenvalue weighted by atomic mass is 32.2. The number of sulfonamides is 1. The van der Waals surface area contributed by atoms with Crippen LogP contribution in [0, 0.1) is 0 Å². The topological polar surface area (TPSA) is 58.6 Å². The van der Waals surface area contributed by atoms with Crippen molar-refractivity contribution in [2.75, 3.05) is 33.9 Å². The third-order valence-electron chi connectivity index (χ3n) is 3.38. The van der Waals surface area contributed by atoms with Crippen molar-refractivity contribution in [1.29, 1.82) is 0 Å². The number of nitrogens with one attached hydrogen (secondary N) is 1. The zero-order chi connectivity index (χ0) is 15.9. The molecule has 0 aliphatic rings. The van der Waals surface area contributed by atoms with Gasteiger partial charge in [-0.15, -0.1) is 0 Å². The molecule has 0 spiro atoms. The predicted molar refractivity (Wildman–Crippen MR) is 84.8 cm³/mol. The summed E-state index contributed by atoms with van der Waals surface area (Å²) in [6.07, 6.45) is 1.04. The average Bonchev–Trinajstić information content (AvgIpc) is 2.50. The Morgan fingerprint density at radius 1 is 1.38 bits per heavy atom. The van der Waals surface area contributed by atoms with Crippen LogP contribution in [-0.4, -0.2) is 46.6 Å². The fraction of sp³-hybridized carbons (Fsp3) is 0.600. The van der Waals surface area contributed by atoms with Crippen LogP contribution in [0.25, 0.3) is 0 Å². The molecule has 0 aliphatic carbocycles. The van der Waals surface area contributed by atoms with Gasteiger partial charge in [0.1, 0.15) is 0 Å². The third kappa shape index (κ3) is 5.07. The summed E-state index contributed by atoms with van der Waals surface area (Å²) in [6, 6.07) is 7.24. The molecule has 1 rings (SSSR count). The Morgan fingerprint density at radius 3 is 2.71 bits per heavy atom. The van der Waals surface area contributed by atoms with Gasteiger partial charge in [0.05, 0.1) is 11.5 Å². The van der Waals surface area contributed by atoms with Crippen LogP contribution >= 0.6 is 0 Å². The highest BCUT2D eigenvalue weighted by molar-refractivity contribution is 7.89. The van der Waals surface area contributed by atoms with Crippen LogP contribution in [0.3, 0.4) is 0 Å². The number of ether oxygens (including phenoxy) is 1. The lowest BCUT2D eigenvalue weighted by atomic mass is 10.1. The average molecular weight is 314 g/mol. The summed E-state index contributed by atoms with van der Waals surface area (Å²) < 4.78 is 31.2. The SMILES string of the molecule is CCCNC(C)c1cccc(S(=O)(=O)N(C)CCOC)c1. The number of hydrogen-bond acceptors (Lipinski definition) is 4. The van der Waals surface area contributed by atoms with Gasteiger partial charge >= 0.3 is 0 Å². The minimum absolute atomic E-state index is 0.129. The molecule has 0 aromatic heterocycles. The molecule has 0 saturated carbocycles. The number of hydrogen-bond donors (Lipinski definition) is 1. The molecule has 5 nitrogen and oxygen atoms in total. The number of likely N-dealkylation sites (N-methyl/N-ethyl adjacent to an activating group) is 1. The Hall–Kier alpha value is -0.950. The van der Waals surface area contributed by atoms with Crippen LogP contribution in [0.1, 0.15) is 31.9 Å². The highest BCUT2D eigenvalue weighted by Gasteiger charge is 2.21. The zero-order valence-corrected chi connectivity index (χ0v) is 14.1. The van der Waals surface area contributed by atoms with E-state index < -0.39 is 10.0 Å². The van der Waals surface area contributed by atoms with E-state index in [1.807, 2.05) is 13.0 Å². The van der Waals surface area contributed by atoms with Crippen molar-refractivity contribution in [2.24, 2.45) is 0 Å². The van der Waals surface area contributed by atoms with Gasteiger partial charge in [-0.1, -0.05) is 19.1 Å². The molecule has 21 heavy (non-hydrogen) atoms. The van der Waals surface area contributed by atoms with Gasteiger partial charge in [0, 0.05) is 26.7 Å². The van der Waals surface area contributed by atoms with Crippen molar-refractivity contribution in [3.05, 3.63) is 29.8 Å². The highest BCUT2D eigenvalue weighted by Crippen LogP contribution is 2.20. The zero-order valence-electron chi connectivity index (χ0n) is 13.3. The molecule has 0 aliphatic heterocycles. The van der Waals surface area contributed by atoms with Gasteiger partial charge in [-0.25, -0.2) is 8.42 Å². The van der Waals surface area contributed by atoms with E-state index >= 15 is 0 Å². The van der Waals surface area contributed by atoms with Crippen LogP contribution in [0.2, 0.25) is 0 Å². The molecule has 0 heterocycles. The van der Waals surface area contributed by atoms with E-state index in [0.717, 1.165) is 18.5 Å². The minimum atomic E-state index is -3.46. The van der Waals surface area contributed by atoms with E-state index in [2.05, 4.69) is 12.2 Å². The number of rotatable bonds is 9. The van der Waals surface area contributed by atoms with Crippen LogP contribution in [0.15, 0.2) is 29.2 Å². The maximum absolute atomic E-state index is 12.5. The van der Waals surface area contributed by atoms with Crippen molar-refractivity contribution >= 4 is 10.0 Å². The predicted octanol–water partition coefficient (Wildman–Crippen LogP) is 2.01. The van der Waals surface area contributed by atoms with Gasteiger partial charge in [-0.2, -0.15) is 4.31 Å². The molecule has 1 N–H and O–H groups in total. The third-order valence-corrected chi connectivity index (χ3v) is 5.23. The van der Waals surface area contributed by atoms with Gasteiger partial charge < -0.3 is 10.1 Å². The van der Waals surface area contributed by atoms with Crippen LogP contribution < -0.4 is 5.32 Å². The van der Waals surface area contributed by atoms with Crippen molar-refractivity contribution in [1.82, 2.24) is 9.62 Å². The van der Waals surface area contributed by atoms with Crippen molar-refractivity contribution in [3.8, 4) is 0 Å². The molecule has 0 bridgehead atoms. The van der Waals surface area contributed by atoms with E-state index in [1.54, 1.807) is 32.4 Å². The Labute approximate surface area is 128 Å². The number of nitrogens with zero attached hydrogens (tertiary/aromatic N) is 1. The Bertz CT molecular complexity index is 531. The minimum Gasteiger partial charge on any atom is -0.383 e. The summed E-state index contributed by atoms with van der Waals surface area (Å²) >= 11 is 0. The Kier molecular flexibility index (Phi) is 7.31.